The van der Waals surface area contributed by atoms with Crippen LogP contribution in [0.4, 0.5) is 4.39 Å². The molecule has 0 spiro atoms. The summed E-state index contributed by atoms with van der Waals surface area (Å²) >= 11 is 5.83. The molecule has 0 fully saturated rings. The molecule has 0 unspecified atom stereocenters. The molecule has 1 amide bonds. The fraction of sp³-hybridized carbons (Fsp3) is 0.182. The van der Waals surface area contributed by atoms with Crippen molar-refractivity contribution in [3.63, 3.8) is 0 Å². The summed E-state index contributed by atoms with van der Waals surface area (Å²) < 4.78 is 12.8. The van der Waals surface area contributed by atoms with Crippen LogP contribution in [-0.4, -0.2) is 5.91 Å². The summed E-state index contributed by atoms with van der Waals surface area (Å²) in [6, 6.07) is 3.79. The van der Waals surface area contributed by atoms with Gasteiger partial charge in [0.25, 0.3) is 0 Å². The van der Waals surface area contributed by atoms with Crippen molar-refractivity contribution in [3.05, 3.63) is 47.3 Å². The van der Waals surface area contributed by atoms with Crippen LogP contribution in [0.1, 0.15) is 18.5 Å². The lowest BCUT2D eigenvalue weighted by atomic mass is 10.1. The molecule has 15 heavy (non-hydrogen) atoms. The van der Waals surface area contributed by atoms with Crippen molar-refractivity contribution in [2.45, 2.75) is 13.0 Å². The van der Waals surface area contributed by atoms with Crippen molar-refractivity contribution in [2.75, 3.05) is 0 Å². The molecule has 4 heteroatoms. The molecule has 0 aliphatic heterocycles. The minimum atomic E-state index is -0.397. The Hall–Kier alpha value is -1.35. The molecule has 0 bridgehead atoms. The topological polar surface area (TPSA) is 29.1 Å². The number of carbonyl (C=O) groups excluding carboxylic acids is 1. The summed E-state index contributed by atoms with van der Waals surface area (Å²) in [5, 5.41) is 2.94. The highest BCUT2D eigenvalue weighted by atomic mass is 35.5. The van der Waals surface area contributed by atoms with Gasteiger partial charge in [0.1, 0.15) is 5.82 Å². The van der Waals surface area contributed by atoms with Gasteiger partial charge >= 0.3 is 0 Å². The standard InChI is InChI=1S/C11H11ClFNO/c1-3-11(15)14-7(2)9-5-4-8(13)6-10(9)12/h3-7H,1H2,2H3,(H,14,15)/t7-/m1/s1. The molecule has 80 valence electrons. The molecule has 0 radical (unpaired) electrons. The summed E-state index contributed by atoms with van der Waals surface area (Å²) in [5.74, 6) is -0.686. The number of carbonyl (C=O) groups is 1. The van der Waals surface area contributed by atoms with E-state index >= 15 is 0 Å². The Balaban J connectivity index is 2.86. The van der Waals surface area contributed by atoms with Gasteiger partial charge in [0, 0.05) is 5.02 Å². The Morgan fingerprint density at radius 1 is 1.67 bits per heavy atom. The monoisotopic (exact) mass is 227 g/mol. The summed E-state index contributed by atoms with van der Waals surface area (Å²) in [6.07, 6.45) is 1.17. The number of benzene rings is 1. The normalized spacial score (nSPS) is 11.9. The van der Waals surface area contributed by atoms with Crippen LogP contribution < -0.4 is 5.32 Å². The van der Waals surface area contributed by atoms with E-state index in [1.165, 1.54) is 18.2 Å². The quantitative estimate of drug-likeness (QED) is 0.791. The highest BCUT2D eigenvalue weighted by molar-refractivity contribution is 6.31. The zero-order valence-electron chi connectivity index (χ0n) is 8.26. The van der Waals surface area contributed by atoms with Gasteiger partial charge in [-0.25, -0.2) is 4.39 Å². The minimum absolute atomic E-state index is 0.274. The van der Waals surface area contributed by atoms with Gasteiger partial charge in [0.2, 0.25) is 5.91 Å². The fourth-order valence-corrected chi connectivity index (χ4v) is 1.53. The molecule has 1 aromatic rings. The molecule has 1 aromatic carbocycles. The Kier molecular flexibility index (Phi) is 3.86. The van der Waals surface area contributed by atoms with E-state index < -0.39 is 5.82 Å². The second-order valence-electron chi connectivity index (χ2n) is 3.10. The van der Waals surface area contributed by atoms with E-state index in [1.807, 2.05) is 0 Å². The van der Waals surface area contributed by atoms with E-state index in [0.717, 1.165) is 0 Å². The predicted molar refractivity (Wildman–Crippen MR) is 58.2 cm³/mol. The van der Waals surface area contributed by atoms with Crippen LogP contribution in [0.2, 0.25) is 5.02 Å². The number of hydrogen-bond acceptors (Lipinski definition) is 1. The number of amides is 1. The van der Waals surface area contributed by atoms with Crippen molar-refractivity contribution in [2.24, 2.45) is 0 Å². The highest BCUT2D eigenvalue weighted by Crippen LogP contribution is 2.23. The van der Waals surface area contributed by atoms with Crippen molar-refractivity contribution >= 4 is 17.5 Å². The highest BCUT2D eigenvalue weighted by Gasteiger charge is 2.11. The second kappa shape index (κ2) is 4.94. The molecule has 2 nitrogen and oxygen atoms in total. The summed E-state index contributed by atoms with van der Waals surface area (Å²) in [5.41, 5.74) is 0.674. The first-order chi connectivity index (χ1) is 7.04. The zero-order chi connectivity index (χ0) is 11.4. The van der Waals surface area contributed by atoms with Crippen LogP contribution in [0, 0.1) is 5.82 Å². The first-order valence-electron chi connectivity index (χ1n) is 4.42. The van der Waals surface area contributed by atoms with Crippen molar-refractivity contribution < 1.29 is 9.18 Å². The molecular weight excluding hydrogens is 217 g/mol. The molecule has 0 saturated carbocycles. The van der Waals surface area contributed by atoms with E-state index in [9.17, 15) is 9.18 Å². The molecule has 1 atom stereocenters. The van der Waals surface area contributed by atoms with Gasteiger partial charge in [-0.05, 0) is 30.7 Å². The van der Waals surface area contributed by atoms with Crippen LogP contribution in [0.3, 0.4) is 0 Å². The lowest BCUT2D eigenvalue weighted by Crippen LogP contribution is -2.24. The van der Waals surface area contributed by atoms with Gasteiger partial charge in [-0.2, -0.15) is 0 Å². The number of nitrogens with one attached hydrogen (secondary N) is 1. The molecular formula is C11H11ClFNO. The van der Waals surface area contributed by atoms with E-state index in [1.54, 1.807) is 13.0 Å². The van der Waals surface area contributed by atoms with E-state index in [-0.39, 0.29) is 11.9 Å². The maximum Gasteiger partial charge on any atom is 0.243 e. The van der Waals surface area contributed by atoms with Crippen LogP contribution in [0.25, 0.3) is 0 Å². The summed E-state index contributed by atoms with van der Waals surface area (Å²) in [6.45, 7) is 5.10. The predicted octanol–water partition coefficient (Wildman–Crippen LogP) is 2.84. The molecule has 0 aliphatic carbocycles. The largest absolute Gasteiger partial charge is 0.346 e. The van der Waals surface area contributed by atoms with Crippen LogP contribution in [0.15, 0.2) is 30.9 Å². The van der Waals surface area contributed by atoms with Crippen molar-refractivity contribution in [3.8, 4) is 0 Å². The first kappa shape index (κ1) is 11.7. The average molecular weight is 228 g/mol. The Morgan fingerprint density at radius 2 is 2.33 bits per heavy atom. The molecule has 1 rings (SSSR count). The minimum Gasteiger partial charge on any atom is -0.346 e. The maximum atomic E-state index is 12.8. The lowest BCUT2D eigenvalue weighted by Gasteiger charge is -2.14. The van der Waals surface area contributed by atoms with Crippen LogP contribution in [0.5, 0.6) is 0 Å². The van der Waals surface area contributed by atoms with Gasteiger partial charge in [-0.3, -0.25) is 4.79 Å². The summed E-state index contributed by atoms with van der Waals surface area (Å²) in [7, 11) is 0. The van der Waals surface area contributed by atoms with E-state index in [2.05, 4.69) is 11.9 Å². The van der Waals surface area contributed by atoms with Gasteiger partial charge in [-0.1, -0.05) is 24.2 Å². The van der Waals surface area contributed by atoms with Gasteiger partial charge in [0.15, 0.2) is 0 Å². The number of rotatable bonds is 3. The van der Waals surface area contributed by atoms with Gasteiger partial charge in [0.05, 0.1) is 6.04 Å². The third-order valence-corrected chi connectivity index (χ3v) is 2.30. The Morgan fingerprint density at radius 3 is 2.87 bits per heavy atom. The fourth-order valence-electron chi connectivity index (χ4n) is 1.20. The second-order valence-corrected chi connectivity index (χ2v) is 3.51. The van der Waals surface area contributed by atoms with E-state index in [4.69, 9.17) is 11.6 Å². The zero-order valence-corrected chi connectivity index (χ0v) is 9.01. The van der Waals surface area contributed by atoms with E-state index in [0.29, 0.717) is 10.6 Å². The van der Waals surface area contributed by atoms with Crippen LogP contribution >= 0.6 is 11.6 Å². The molecule has 0 aromatic heterocycles. The molecule has 0 aliphatic rings. The Labute approximate surface area is 92.7 Å². The van der Waals surface area contributed by atoms with Gasteiger partial charge < -0.3 is 5.32 Å². The SMILES string of the molecule is C=CC(=O)N[C@H](C)c1ccc(F)cc1Cl. The van der Waals surface area contributed by atoms with Gasteiger partial charge in [-0.15, -0.1) is 0 Å². The van der Waals surface area contributed by atoms with Crippen LogP contribution in [-0.2, 0) is 4.79 Å². The Bertz CT molecular complexity index is 392. The maximum absolute atomic E-state index is 12.8. The molecule has 1 N–H and O–H groups in total. The molecule has 0 saturated heterocycles. The van der Waals surface area contributed by atoms with Crippen molar-refractivity contribution in [1.29, 1.82) is 0 Å². The smallest absolute Gasteiger partial charge is 0.243 e. The first-order valence-corrected chi connectivity index (χ1v) is 4.80. The van der Waals surface area contributed by atoms with Crippen molar-refractivity contribution in [1.82, 2.24) is 5.32 Å². The average Bonchev–Trinajstić information content (AvgIpc) is 2.17. The lowest BCUT2D eigenvalue weighted by molar-refractivity contribution is -0.117. The number of hydrogen-bond donors (Lipinski definition) is 1. The third kappa shape index (κ3) is 3.06. The third-order valence-electron chi connectivity index (χ3n) is 1.97. The summed E-state index contributed by atoms with van der Waals surface area (Å²) in [4.78, 5) is 11.0. The number of halogens is 2. The molecule has 0 heterocycles.